The number of benzene rings is 2. The van der Waals surface area contributed by atoms with E-state index in [1.807, 2.05) is 12.1 Å². The molecule has 2 heterocycles. The first-order valence-electron chi connectivity index (χ1n) is 10.4. The van der Waals surface area contributed by atoms with Gasteiger partial charge in [0.25, 0.3) is 0 Å². The van der Waals surface area contributed by atoms with Crippen molar-refractivity contribution in [2.24, 2.45) is 4.99 Å². The van der Waals surface area contributed by atoms with Crippen LogP contribution in [0.1, 0.15) is 11.1 Å². The summed E-state index contributed by atoms with van der Waals surface area (Å²) >= 11 is 1.43. The lowest BCUT2D eigenvalue weighted by molar-refractivity contribution is -0.137. The number of nitrogens with one attached hydrogen (secondary N) is 2. The summed E-state index contributed by atoms with van der Waals surface area (Å²) in [7, 11) is -2.99. The number of fused-ring (bicyclic) bond motifs is 1. The van der Waals surface area contributed by atoms with Gasteiger partial charge < -0.3 is 15.4 Å². The van der Waals surface area contributed by atoms with Crippen molar-refractivity contribution >= 4 is 38.4 Å². The van der Waals surface area contributed by atoms with Crippen molar-refractivity contribution in [1.29, 1.82) is 0 Å². The van der Waals surface area contributed by atoms with E-state index in [0.717, 1.165) is 23.4 Å². The van der Waals surface area contributed by atoms with Crippen LogP contribution >= 0.6 is 11.8 Å². The number of hydrogen-bond donors (Lipinski definition) is 2. The van der Waals surface area contributed by atoms with Gasteiger partial charge in [0.15, 0.2) is 15.0 Å². The summed E-state index contributed by atoms with van der Waals surface area (Å²) in [5, 5.41) is 6.51. The highest BCUT2D eigenvalue weighted by Crippen LogP contribution is 2.34. The van der Waals surface area contributed by atoms with E-state index in [1.54, 1.807) is 12.1 Å². The largest absolute Gasteiger partial charge is 0.492 e. The van der Waals surface area contributed by atoms with E-state index < -0.39 is 21.6 Å². The number of thioether (sulfide) groups is 1. The molecule has 0 radical (unpaired) electrons. The van der Waals surface area contributed by atoms with Crippen LogP contribution in [-0.4, -0.2) is 55.4 Å². The molecule has 2 aromatic rings. The first-order valence-corrected chi connectivity index (χ1v) is 13.2. The maximum Gasteiger partial charge on any atom is 0.416 e. The second-order valence-corrected chi connectivity index (χ2v) is 11.3. The molecule has 2 aliphatic rings. The number of alkyl halides is 3. The third-order valence-corrected chi connectivity index (χ3v) is 8.38. The molecule has 7 nitrogen and oxygen atoms in total. The molecule has 0 saturated carbocycles. The molecule has 182 valence electrons. The molecule has 2 N–H and O–H groups in total. The normalized spacial score (nSPS) is 21.0. The molecule has 1 saturated heterocycles. The first kappa shape index (κ1) is 24.4. The Hall–Kier alpha value is -2.73. The molecular formula is C22H22F3N3O4S2. The highest BCUT2D eigenvalue weighted by atomic mass is 32.2. The maximum absolute atomic E-state index is 12.7. The molecule has 34 heavy (non-hydrogen) atoms. The number of nitrogens with zero attached hydrogens (tertiary/aromatic N) is 1. The van der Waals surface area contributed by atoms with E-state index in [-0.39, 0.29) is 54.0 Å². The SMILES string of the molecule is O=C(Cc1ccc(NC2=NC3CS(=O)(=O)CC3S2)cc1)NCCOc1cccc(C(F)(F)F)c1. The molecular weight excluding hydrogens is 491 g/mol. The van der Waals surface area contributed by atoms with E-state index in [9.17, 15) is 26.4 Å². The summed E-state index contributed by atoms with van der Waals surface area (Å²) in [5.74, 6) is 0.0887. The van der Waals surface area contributed by atoms with Crippen LogP contribution in [0.3, 0.4) is 0 Å². The fraction of sp³-hybridized carbons (Fsp3) is 0.364. The Bertz CT molecular complexity index is 1180. The van der Waals surface area contributed by atoms with Crippen molar-refractivity contribution in [3.8, 4) is 5.75 Å². The Morgan fingerprint density at radius 2 is 1.91 bits per heavy atom. The molecule has 2 unspecified atom stereocenters. The summed E-state index contributed by atoms with van der Waals surface area (Å²) in [5.41, 5.74) is 0.778. The van der Waals surface area contributed by atoms with Crippen LogP contribution in [0.4, 0.5) is 18.9 Å². The fourth-order valence-corrected chi connectivity index (χ4v) is 7.29. The summed E-state index contributed by atoms with van der Waals surface area (Å²) in [6.45, 7) is 0.197. The Kier molecular flexibility index (Phi) is 7.08. The lowest BCUT2D eigenvalue weighted by atomic mass is 10.1. The minimum atomic E-state index is -4.44. The first-order chi connectivity index (χ1) is 16.1. The Balaban J connectivity index is 1.19. The van der Waals surface area contributed by atoms with Crippen molar-refractivity contribution in [2.75, 3.05) is 30.0 Å². The van der Waals surface area contributed by atoms with Gasteiger partial charge in [-0.3, -0.25) is 9.79 Å². The van der Waals surface area contributed by atoms with Gasteiger partial charge in [0.2, 0.25) is 5.91 Å². The van der Waals surface area contributed by atoms with Gasteiger partial charge in [-0.2, -0.15) is 13.2 Å². The van der Waals surface area contributed by atoms with Crippen LogP contribution in [0, 0.1) is 0 Å². The minimum Gasteiger partial charge on any atom is -0.492 e. The standard InChI is InChI=1S/C22H22F3N3O4S2/c23-22(24,25)15-2-1-3-17(11-15)32-9-8-26-20(29)10-14-4-6-16(7-5-14)27-21-28-18-12-34(30,31)13-19(18)33-21/h1-7,11,18-19H,8-10,12-13H2,(H,26,29)(H,27,28). The monoisotopic (exact) mass is 513 g/mol. The van der Waals surface area contributed by atoms with Gasteiger partial charge in [-0.15, -0.1) is 0 Å². The smallest absolute Gasteiger partial charge is 0.416 e. The number of anilines is 1. The van der Waals surface area contributed by atoms with Gasteiger partial charge >= 0.3 is 6.18 Å². The van der Waals surface area contributed by atoms with Gasteiger partial charge in [0.05, 0.1) is 36.1 Å². The second-order valence-electron chi connectivity index (χ2n) is 7.96. The number of carbonyl (C=O) groups excluding carboxylic acids is 1. The number of amides is 1. The molecule has 2 aliphatic heterocycles. The van der Waals surface area contributed by atoms with Gasteiger partial charge in [0, 0.05) is 10.9 Å². The lowest BCUT2D eigenvalue weighted by Crippen LogP contribution is -2.29. The number of ether oxygens (including phenoxy) is 1. The summed E-state index contributed by atoms with van der Waals surface area (Å²) in [6, 6.07) is 11.6. The van der Waals surface area contributed by atoms with Crippen molar-refractivity contribution in [1.82, 2.24) is 5.32 Å². The molecule has 2 aromatic carbocycles. The predicted octanol–water partition coefficient (Wildman–Crippen LogP) is 3.12. The van der Waals surface area contributed by atoms with Crippen LogP contribution in [-0.2, 0) is 27.2 Å². The summed E-state index contributed by atoms with van der Waals surface area (Å²) in [4.78, 5) is 16.6. The highest BCUT2D eigenvalue weighted by Gasteiger charge is 2.42. The Morgan fingerprint density at radius 1 is 1.15 bits per heavy atom. The minimum absolute atomic E-state index is 0.0342. The molecule has 0 bridgehead atoms. The zero-order valence-corrected chi connectivity index (χ0v) is 19.5. The summed E-state index contributed by atoms with van der Waals surface area (Å²) in [6.07, 6.45) is -4.30. The van der Waals surface area contributed by atoms with E-state index >= 15 is 0 Å². The Labute approximate surface area is 199 Å². The molecule has 0 aliphatic carbocycles. The van der Waals surface area contributed by atoms with Crippen LogP contribution in [0.25, 0.3) is 0 Å². The van der Waals surface area contributed by atoms with Crippen LogP contribution in [0.15, 0.2) is 53.5 Å². The zero-order chi connectivity index (χ0) is 24.3. The molecule has 1 fully saturated rings. The number of sulfone groups is 1. The lowest BCUT2D eigenvalue weighted by Gasteiger charge is -2.11. The van der Waals surface area contributed by atoms with Crippen molar-refractivity contribution < 1.29 is 31.1 Å². The van der Waals surface area contributed by atoms with E-state index in [1.165, 1.54) is 23.9 Å². The van der Waals surface area contributed by atoms with Crippen LogP contribution < -0.4 is 15.4 Å². The number of amidine groups is 1. The van der Waals surface area contributed by atoms with Gasteiger partial charge in [-0.25, -0.2) is 8.42 Å². The third kappa shape index (κ3) is 6.44. The molecule has 1 amide bonds. The molecule has 2 atom stereocenters. The number of halogens is 3. The Morgan fingerprint density at radius 3 is 2.62 bits per heavy atom. The van der Waals surface area contributed by atoms with E-state index in [2.05, 4.69) is 15.6 Å². The van der Waals surface area contributed by atoms with Crippen LogP contribution in [0.2, 0.25) is 0 Å². The molecule has 12 heteroatoms. The topological polar surface area (TPSA) is 96.9 Å². The highest BCUT2D eigenvalue weighted by molar-refractivity contribution is 8.15. The number of aliphatic imine (C=N–C) groups is 1. The van der Waals surface area contributed by atoms with Crippen molar-refractivity contribution in [3.63, 3.8) is 0 Å². The van der Waals surface area contributed by atoms with Crippen molar-refractivity contribution in [3.05, 3.63) is 59.7 Å². The third-order valence-electron chi connectivity index (χ3n) is 5.24. The van der Waals surface area contributed by atoms with E-state index in [4.69, 9.17) is 4.74 Å². The average Bonchev–Trinajstić information content (AvgIpc) is 3.24. The average molecular weight is 514 g/mol. The number of rotatable bonds is 7. The zero-order valence-electron chi connectivity index (χ0n) is 17.8. The van der Waals surface area contributed by atoms with Crippen LogP contribution in [0.5, 0.6) is 5.75 Å². The van der Waals surface area contributed by atoms with Gasteiger partial charge in [-0.05, 0) is 35.9 Å². The predicted molar refractivity (Wildman–Crippen MR) is 125 cm³/mol. The number of hydrogen-bond acceptors (Lipinski definition) is 7. The quantitative estimate of drug-likeness (QED) is 0.553. The molecule has 4 rings (SSSR count). The molecule has 0 spiro atoms. The van der Waals surface area contributed by atoms with E-state index in [0.29, 0.717) is 5.17 Å². The maximum atomic E-state index is 12.7. The summed E-state index contributed by atoms with van der Waals surface area (Å²) < 4.78 is 66.8. The second kappa shape index (κ2) is 9.87. The fourth-order valence-electron chi connectivity index (χ4n) is 3.61. The molecule has 0 aromatic heterocycles. The van der Waals surface area contributed by atoms with Gasteiger partial charge in [-0.1, -0.05) is 30.0 Å². The number of carbonyl (C=O) groups is 1. The van der Waals surface area contributed by atoms with Crippen molar-refractivity contribution in [2.45, 2.75) is 23.9 Å². The van der Waals surface area contributed by atoms with Gasteiger partial charge in [0.1, 0.15) is 12.4 Å².